The molecule has 1 aromatic carbocycles. The highest BCUT2D eigenvalue weighted by Gasteiger charge is 2.68. The van der Waals surface area contributed by atoms with Gasteiger partial charge in [0.15, 0.2) is 0 Å². The van der Waals surface area contributed by atoms with Gasteiger partial charge < -0.3 is 0 Å². The Labute approximate surface area is 110 Å². The third kappa shape index (κ3) is 2.45. The summed E-state index contributed by atoms with van der Waals surface area (Å²) in [5.74, 6) is -0.255. The fourth-order valence-corrected chi connectivity index (χ4v) is 2.18. The van der Waals surface area contributed by atoms with E-state index in [0.29, 0.717) is 6.42 Å². The molecule has 0 aromatic heterocycles. The Morgan fingerprint density at radius 1 is 1.41 bits per heavy atom. The summed E-state index contributed by atoms with van der Waals surface area (Å²) in [6, 6.07) is 9.49. The van der Waals surface area contributed by atoms with Crippen LogP contribution in [0.2, 0.25) is 0 Å². The average molecular weight is 271 g/mol. The molecule has 1 amide bonds. The number of rotatable bonds is 3. The molecule has 0 aliphatic heterocycles. The number of benzene rings is 1. The van der Waals surface area contributed by atoms with Crippen LogP contribution in [0.15, 0.2) is 35.4 Å². The van der Waals surface area contributed by atoms with Crippen molar-refractivity contribution in [2.75, 3.05) is 0 Å². The van der Waals surface area contributed by atoms with Gasteiger partial charge in [-0.25, -0.2) is 5.43 Å². The number of hydrazone groups is 1. The molecule has 1 aromatic rings. The van der Waals surface area contributed by atoms with Gasteiger partial charge in [0.1, 0.15) is 4.33 Å². The normalized spacial score (nSPS) is 25.8. The lowest BCUT2D eigenvalue weighted by molar-refractivity contribution is -0.125. The third-order valence-corrected chi connectivity index (χ3v) is 4.04. The van der Waals surface area contributed by atoms with Crippen LogP contribution in [0.5, 0.6) is 0 Å². The van der Waals surface area contributed by atoms with Gasteiger partial charge >= 0.3 is 0 Å². The average Bonchev–Trinajstić information content (AvgIpc) is 2.81. The quantitative estimate of drug-likeness (QED) is 0.512. The summed E-state index contributed by atoms with van der Waals surface area (Å²) in [5.41, 5.74) is 2.63. The summed E-state index contributed by atoms with van der Waals surface area (Å²) in [6.07, 6.45) is 2.03. The van der Waals surface area contributed by atoms with Gasteiger partial charge in [-0.2, -0.15) is 5.10 Å². The van der Waals surface area contributed by atoms with E-state index in [9.17, 15) is 4.79 Å². The molecule has 1 unspecified atom stereocenters. The summed E-state index contributed by atoms with van der Waals surface area (Å²) in [4.78, 5) is 11.7. The zero-order chi connectivity index (χ0) is 12.5. The smallest absolute Gasteiger partial charge is 0.249 e. The maximum Gasteiger partial charge on any atom is 0.249 e. The van der Waals surface area contributed by atoms with Gasteiger partial charge in [-0.3, -0.25) is 4.79 Å². The maximum atomic E-state index is 11.7. The van der Waals surface area contributed by atoms with Crippen molar-refractivity contribution in [2.45, 2.75) is 17.7 Å². The highest BCUT2D eigenvalue weighted by molar-refractivity contribution is 6.53. The van der Waals surface area contributed by atoms with Crippen LogP contribution in [-0.4, -0.2) is 16.5 Å². The molecule has 1 saturated carbocycles. The highest BCUT2D eigenvalue weighted by Crippen LogP contribution is 2.63. The minimum absolute atomic E-state index is 0.255. The molecule has 0 radical (unpaired) electrons. The number of carbonyl (C=O) groups is 1. The number of halogens is 2. The first-order valence-electron chi connectivity index (χ1n) is 5.22. The van der Waals surface area contributed by atoms with Gasteiger partial charge in [-0.1, -0.05) is 30.3 Å². The van der Waals surface area contributed by atoms with E-state index < -0.39 is 9.75 Å². The molecule has 1 atom stereocenters. The van der Waals surface area contributed by atoms with E-state index in [2.05, 4.69) is 10.5 Å². The molecule has 0 heterocycles. The predicted octanol–water partition coefficient (Wildman–Crippen LogP) is 2.72. The van der Waals surface area contributed by atoms with Gasteiger partial charge in [0.2, 0.25) is 5.91 Å². The van der Waals surface area contributed by atoms with Crippen LogP contribution in [0, 0.1) is 5.41 Å². The second-order valence-corrected chi connectivity index (χ2v) is 5.81. The Morgan fingerprint density at radius 3 is 2.53 bits per heavy atom. The number of hydrogen-bond donors (Lipinski definition) is 1. The second kappa shape index (κ2) is 4.31. The molecule has 1 fully saturated rings. The molecule has 5 heteroatoms. The van der Waals surface area contributed by atoms with E-state index in [1.807, 2.05) is 30.3 Å². The molecule has 0 saturated heterocycles. The van der Waals surface area contributed by atoms with Crippen LogP contribution >= 0.6 is 23.2 Å². The molecule has 0 spiro atoms. The van der Waals surface area contributed by atoms with E-state index in [4.69, 9.17) is 23.2 Å². The standard InChI is InChI=1S/C12H12Cl2N2O/c1-11(8-12(11,13)14)10(17)16-15-7-9-5-3-2-4-6-9/h2-7H,8H2,1H3,(H,16,17). The van der Waals surface area contributed by atoms with Crippen molar-refractivity contribution in [3.63, 3.8) is 0 Å². The van der Waals surface area contributed by atoms with Crippen molar-refractivity contribution >= 4 is 35.3 Å². The number of nitrogens with zero attached hydrogens (tertiary/aromatic N) is 1. The molecule has 1 aliphatic carbocycles. The summed E-state index contributed by atoms with van der Waals surface area (Å²) in [6.45, 7) is 1.72. The van der Waals surface area contributed by atoms with Crippen LogP contribution in [0.25, 0.3) is 0 Å². The predicted molar refractivity (Wildman–Crippen MR) is 69.3 cm³/mol. The van der Waals surface area contributed by atoms with Crippen LogP contribution in [0.4, 0.5) is 0 Å². The topological polar surface area (TPSA) is 41.5 Å². The van der Waals surface area contributed by atoms with E-state index in [1.165, 1.54) is 0 Å². The van der Waals surface area contributed by atoms with E-state index >= 15 is 0 Å². The minimum atomic E-state index is -0.959. The first-order valence-corrected chi connectivity index (χ1v) is 5.98. The number of amides is 1. The van der Waals surface area contributed by atoms with Crippen LogP contribution in [-0.2, 0) is 4.79 Å². The third-order valence-electron chi connectivity index (χ3n) is 2.94. The Balaban J connectivity index is 1.92. The van der Waals surface area contributed by atoms with Gasteiger partial charge in [0.05, 0.1) is 11.6 Å². The molecule has 2 rings (SSSR count). The molecule has 1 aliphatic rings. The molecular weight excluding hydrogens is 259 g/mol. The highest BCUT2D eigenvalue weighted by atomic mass is 35.5. The van der Waals surface area contributed by atoms with Crippen molar-refractivity contribution in [2.24, 2.45) is 10.5 Å². The zero-order valence-electron chi connectivity index (χ0n) is 9.28. The lowest BCUT2D eigenvalue weighted by Crippen LogP contribution is -2.29. The van der Waals surface area contributed by atoms with Crippen molar-refractivity contribution in [1.82, 2.24) is 5.43 Å². The largest absolute Gasteiger partial charge is 0.272 e. The summed E-state index contributed by atoms with van der Waals surface area (Å²) in [5, 5.41) is 3.87. The number of alkyl halides is 2. The Kier molecular flexibility index (Phi) is 3.15. The van der Waals surface area contributed by atoms with Crippen molar-refractivity contribution < 1.29 is 4.79 Å². The summed E-state index contributed by atoms with van der Waals surface area (Å²) < 4.78 is -0.959. The summed E-state index contributed by atoms with van der Waals surface area (Å²) in [7, 11) is 0. The van der Waals surface area contributed by atoms with Crippen molar-refractivity contribution in [3.8, 4) is 0 Å². The van der Waals surface area contributed by atoms with Crippen LogP contribution in [0.3, 0.4) is 0 Å². The van der Waals surface area contributed by atoms with Gasteiger partial charge in [-0.05, 0) is 18.9 Å². The first kappa shape index (κ1) is 12.4. The van der Waals surface area contributed by atoms with Crippen molar-refractivity contribution in [1.29, 1.82) is 0 Å². The molecule has 3 nitrogen and oxygen atoms in total. The molecule has 0 bridgehead atoms. The number of carbonyl (C=O) groups excluding carboxylic acids is 1. The molecular formula is C12H12Cl2N2O. The Bertz CT molecular complexity index is 459. The van der Waals surface area contributed by atoms with Gasteiger partial charge in [-0.15, -0.1) is 23.2 Å². The number of nitrogens with one attached hydrogen (secondary N) is 1. The Hall–Kier alpha value is -1.06. The summed E-state index contributed by atoms with van der Waals surface area (Å²) >= 11 is 11.8. The molecule has 1 N–H and O–H groups in total. The maximum absolute atomic E-state index is 11.7. The Morgan fingerprint density at radius 2 is 2.00 bits per heavy atom. The van der Waals surface area contributed by atoms with E-state index in [-0.39, 0.29) is 5.91 Å². The first-order chi connectivity index (χ1) is 7.96. The van der Waals surface area contributed by atoms with E-state index in [1.54, 1.807) is 13.1 Å². The SMILES string of the molecule is CC1(C(=O)NN=Cc2ccccc2)CC1(Cl)Cl. The lowest BCUT2D eigenvalue weighted by atomic mass is 10.1. The monoisotopic (exact) mass is 270 g/mol. The van der Waals surface area contributed by atoms with Crippen molar-refractivity contribution in [3.05, 3.63) is 35.9 Å². The minimum Gasteiger partial charge on any atom is -0.272 e. The molecule has 17 heavy (non-hydrogen) atoms. The van der Waals surface area contributed by atoms with Crippen LogP contribution < -0.4 is 5.43 Å². The van der Waals surface area contributed by atoms with Gasteiger partial charge in [0.25, 0.3) is 0 Å². The number of hydrogen-bond acceptors (Lipinski definition) is 2. The van der Waals surface area contributed by atoms with E-state index in [0.717, 1.165) is 5.56 Å². The van der Waals surface area contributed by atoms with Crippen LogP contribution in [0.1, 0.15) is 18.9 Å². The zero-order valence-corrected chi connectivity index (χ0v) is 10.8. The second-order valence-electron chi connectivity index (χ2n) is 4.32. The molecule has 90 valence electrons. The fraction of sp³-hybridized carbons (Fsp3) is 0.333. The lowest BCUT2D eigenvalue weighted by Gasteiger charge is -2.08. The van der Waals surface area contributed by atoms with Gasteiger partial charge in [0, 0.05) is 0 Å². The fourth-order valence-electron chi connectivity index (χ4n) is 1.47.